The van der Waals surface area contributed by atoms with Crippen molar-refractivity contribution in [2.24, 2.45) is 5.73 Å². The molecule has 1 aromatic carbocycles. The highest BCUT2D eigenvalue weighted by atomic mass is 16.5. The van der Waals surface area contributed by atoms with Crippen LogP contribution in [0.2, 0.25) is 0 Å². The zero-order valence-corrected chi connectivity index (χ0v) is 9.65. The summed E-state index contributed by atoms with van der Waals surface area (Å²) in [6.45, 7) is 1.07. The number of methoxy groups -OCH3 is 1. The number of ether oxygens (including phenoxy) is 1. The maximum atomic E-state index is 6.04. The summed E-state index contributed by atoms with van der Waals surface area (Å²) in [5.41, 5.74) is 8.76. The van der Waals surface area contributed by atoms with Gasteiger partial charge in [-0.15, -0.1) is 0 Å². The number of anilines is 1. The fourth-order valence-electron chi connectivity index (χ4n) is 3.05. The molecule has 3 nitrogen and oxygen atoms in total. The number of nitrogens with two attached hydrogens (primary N) is 1. The molecule has 0 aromatic heterocycles. The highest BCUT2D eigenvalue weighted by Gasteiger charge is 2.35. The zero-order valence-electron chi connectivity index (χ0n) is 9.65. The van der Waals surface area contributed by atoms with Crippen molar-refractivity contribution >= 4 is 5.69 Å². The molecule has 0 spiro atoms. The third kappa shape index (κ3) is 1.39. The van der Waals surface area contributed by atoms with Crippen molar-refractivity contribution in [3.63, 3.8) is 0 Å². The molecule has 0 saturated carbocycles. The molecule has 16 heavy (non-hydrogen) atoms. The summed E-state index contributed by atoms with van der Waals surface area (Å²) in [7, 11) is 1.75. The molecular formula is C13H18N2O. The first-order valence-electron chi connectivity index (χ1n) is 5.97. The van der Waals surface area contributed by atoms with Gasteiger partial charge in [-0.05, 0) is 30.9 Å². The van der Waals surface area contributed by atoms with Gasteiger partial charge in [-0.1, -0.05) is 12.1 Å². The van der Waals surface area contributed by atoms with E-state index in [1.165, 1.54) is 11.3 Å². The van der Waals surface area contributed by atoms with E-state index in [9.17, 15) is 0 Å². The Balaban J connectivity index is 1.99. The lowest BCUT2D eigenvalue weighted by atomic mass is 9.97. The molecule has 1 saturated heterocycles. The number of nitrogens with zero attached hydrogens (tertiary/aromatic N) is 1. The molecule has 0 radical (unpaired) electrons. The smallest absolute Gasteiger partial charge is 0.142 e. The monoisotopic (exact) mass is 218 g/mol. The van der Waals surface area contributed by atoms with Crippen LogP contribution in [-0.2, 0) is 6.42 Å². The number of benzene rings is 1. The van der Waals surface area contributed by atoms with Crippen molar-refractivity contribution in [3.8, 4) is 5.75 Å². The lowest BCUT2D eigenvalue weighted by Crippen LogP contribution is -2.45. The second-order valence-corrected chi connectivity index (χ2v) is 4.80. The van der Waals surface area contributed by atoms with Crippen LogP contribution in [-0.4, -0.2) is 25.7 Å². The minimum absolute atomic E-state index is 0.376. The van der Waals surface area contributed by atoms with Crippen LogP contribution in [0.25, 0.3) is 0 Å². The molecule has 0 amide bonds. The van der Waals surface area contributed by atoms with E-state index in [0.717, 1.165) is 31.6 Å². The number of para-hydroxylation sites is 1. The van der Waals surface area contributed by atoms with Crippen LogP contribution in [0.1, 0.15) is 18.4 Å². The summed E-state index contributed by atoms with van der Waals surface area (Å²) in [6, 6.07) is 7.31. The van der Waals surface area contributed by atoms with Gasteiger partial charge in [0.05, 0.1) is 12.8 Å². The van der Waals surface area contributed by atoms with Crippen molar-refractivity contribution in [3.05, 3.63) is 23.8 Å². The molecule has 2 aliphatic rings. The van der Waals surface area contributed by atoms with E-state index in [0.29, 0.717) is 12.1 Å². The maximum absolute atomic E-state index is 6.04. The van der Waals surface area contributed by atoms with Crippen molar-refractivity contribution < 1.29 is 4.74 Å². The summed E-state index contributed by atoms with van der Waals surface area (Å²) in [4.78, 5) is 2.48. The molecular weight excluding hydrogens is 200 g/mol. The first kappa shape index (κ1) is 9.97. The van der Waals surface area contributed by atoms with Crippen LogP contribution in [0.3, 0.4) is 0 Å². The normalized spacial score (nSPS) is 27.5. The van der Waals surface area contributed by atoms with Crippen LogP contribution in [0.4, 0.5) is 5.69 Å². The molecule has 2 unspecified atom stereocenters. The van der Waals surface area contributed by atoms with Crippen LogP contribution >= 0.6 is 0 Å². The molecule has 0 aliphatic carbocycles. The Morgan fingerprint density at radius 1 is 1.44 bits per heavy atom. The first-order valence-corrected chi connectivity index (χ1v) is 5.97. The van der Waals surface area contributed by atoms with Gasteiger partial charge < -0.3 is 15.4 Å². The first-order chi connectivity index (χ1) is 7.79. The maximum Gasteiger partial charge on any atom is 0.142 e. The van der Waals surface area contributed by atoms with E-state index in [1.807, 2.05) is 0 Å². The van der Waals surface area contributed by atoms with Crippen LogP contribution in [0.5, 0.6) is 5.75 Å². The summed E-state index contributed by atoms with van der Waals surface area (Å²) in [5, 5.41) is 0. The Bertz CT molecular complexity index is 405. The van der Waals surface area contributed by atoms with Gasteiger partial charge in [0.2, 0.25) is 0 Å². The number of rotatable bonds is 1. The van der Waals surface area contributed by atoms with E-state index in [4.69, 9.17) is 10.5 Å². The topological polar surface area (TPSA) is 38.5 Å². The van der Waals surface area contributed by atoms with Crippen molar-refractivity contribution in [2.75, 3.05) is 18.6 Å². The third-order valence-electron chi connectivity index (χ3n) is 3.80. The molecule has 2 heterocycles. The molecule has 2 atom stereocenters. The minimum atomic E-state index is 0.376. The van der Waals surface area contributed by atoms with Gasteiger partial charge in [-0.2, -0.15) is 0 Å². The van der Waals surface area contributed by atoms with Crippen LogP contribution < -0.4 is 15.4 Å². The largest absolute Gasteiger partial charge is 0.495 e. The van der Waals surface area contributed by atoms with E-state index in [-0.39, 0.29) is 0 Å². The summed E-state index contributed by atoms with van der Waals surface area (Å²) >= 11 is 0. The highest BCUT2D eigenvalue weighted by Crippen LogP contribution is 2.42. The predicted molar refractivity (Wildman–Crippen MR) is 65.0 cm³/mol. The molecule has 1 aromatic rings. The molecule has 1 fully saturated rings. The standard InChI is InChI=1S/C13H18N2O/c1-16-12-4-2-3-9-7-11-8-10(14)5-6-15(11)13(9)12/h2-4,10-11H,5-8,14H2,1H3. The van der Waals surface area contributed by atoms with Gasteiger partial charge in [0.25, 0.3) is 0 Å². The van der Waals surface area contributed by atoms with Crippen molar-refractivity contribution in [2.45, 2.75) is 31.3 Å². The van der Waals surface area contributed by atoms with E-state index in [2.05, 4.69) is 23.1 Å². The van der Waals surface area contributed by atoms with E-state index >= 15 is 0 Å². The quantitative estimate of drug-likeness (QED) is 0.777. The van der Waals surface area contributed by atoms with Gasteiger partial charge in [-0.3, -0.25) is 0 Å². The summed E-state index contributed by atoms with van der Waals surface area (Å²) in [6.07, 6.45) is 3.33. The molecule has 86 valence electrons. The SMILES string of the molecule is COc1cccc2c1N1CCC(N)CC1C2. The van der Waals surface area contributed by atoms with E-state index < -0.39 is 0 Å². The zero-order chi connectivity index (χ0) is 11.1. The molecule has 2 aliphatic heterocycles. The molecule has 0 bridgehead atoms. The second kappa shape index (κ2) is 3.67. The third-order valence-corrected chi connectivity index (χ3v) is 3.80. The summed E-state index contributed by atoms with van der Waals surface area (Å²) in [5.74, 6) is 1.01. The fraction of sp³-hybridized carbons (Fsp3) is 0.538. The van der Waals surface area contributed by atoms with Gasteiger partial charge in [-0.25, -0.2) is 0 Å². The number of hydrogen-bond acceptors (Lipinski definition) is 3. The Morgan fingerprint density at radius 2 is 2.31 bits per heavy atom. The highest BCUT2D eigenvalue weighted by molar-refractivity contribution is 5.68. The van der Waals surface area contributed by atoms with E-state index in [1.54, 1.807) is 7.11 Å². The van der Waals surface area contributed by atoms with Crippen molar-refractivity contribution in [1.29, 1.82) is 0 Å². The average Bonchev–Trinajstić information content (AvgIpc) is 2.65. The van der Waals surface area contributed by atoms with Gasteiger partial charge in [0, 0.05) is 18.6 Å². The average molecular weight is 218 g/mol. The minimum Gasteiger partial charge on any atom is -0.495 e. The number of piperidine rings is 1. The van der Waals surface area contributed by atoms with Crippen LogP contribution in [0.15, 0.2) is 18.2 Å². The Hall–Kier alpha value is -1.22. The molecule has 2 N–H and O–H groups in total. The van der Waals surface area contributed by atoms with Gasteiger partial charge >= 0.3 is 0 Å². The predicted octanol–water partition coefficient (Wildman–Crippen LogP) is 1.55. The lowest BCUT2D eigenvalue weighted by molar-refractivity contribution is 0.402. The Morgan fingerprint density at radius 3 is 3.12 bits per heavy atom. The Kier molecular flexibility index (Phi) is 2.28. The van der Waals surface area contributed by atoms with Crippen molar-refractivity contribution in [1.82, 2.24) is 0 Å². The lowest BCUT2D eigenvalue weighted by Gasteiger charge is -2.35. The molecule has 3 rings (SSSR count). The summed E-state index contributed by atoms with van der Waals surface area (Å²) < 4.78 is 5.46. The second-order valence-electron chi connectivity index (χ2n) is 4.80. The van der Waals surface area contributed by atoms with Gasteiger partial charge in [0.1, 0.15) is 5.75 Å². The fourth-order valence-corrected chi connectivity index (χ4v) is 3.05. The number of fused-ring (bicyclic) bond motifs is 3. The Labute approximate surface area is 96.2 Å². The van der Waals surface area contributed by atoms with Gasteiger partial charge in [0.15, 0.2) is 0 Å². The molecule has 3 heteroatoms. The number of hydrogen-bond donors (Lipinski definition) is 1. The van der Waals surface area contributed by atoms with Crippen LogP contribution in [0, 0.1) is 0 Å².